The lowest BCUT2D eigenvalue weighted by Gasteiger charge is -2.20. The van der Waals surface area contributed by atoms with E-state index in [0.29, 0.717) is 25.4 Å². The van der Waals surface area contributed by atoms with Crippen LogP contribution in [-0.2, 0) is 14.2 Å². The van der Waals surface area contributed by atoms with Crippen molar-refractivity contribution in [3.05, 3.63) is 35.3 Å². The van der Waals surface area contributed by atoms with Crippen LogP contribution in [0.1, 0.15) is 47.5 Å². The van der Waals surface area contributed by atoms with Gasteiger partial charge in [-0.05, 0) is 17.5 Å². The summed E-state index contributed by atoms with van der Waals surface area (Å²) < 4.78 is 17.8. The molecule has 1 aliphatic rings. The first kappa shape index (κ1) is 15.0. The van der Waals surface area contributed by atoms with Gasteiger partial charge in [-0.3, -0.25) is 0 Å². The lowest BCUT2D eigenvalue weighted by atomic mass is 9.99. The number of hydrogen-bond donors (Lipinski definition) is 0. The van der Waals surface area contributed by atoms with Gasteiger partial charge in [0, 0.05) is 12.4 Å². The summed E-state index contributed by atoms with van der Waals surface area (Å²) in [5.41, 5.74) is 3.10. The van der Waals surface area contributed by atoms with E-state index < -0.39 is 0 Å². The number of aromatic nitrogens is 2. The molecular formula is C16H20N2O4. The number of pyridine rings is 1. The quantitative estimate of drug-likeness (QED) is 0.814. The number of fused-ring (bicyclic) bond motifs is 1. The molecule has 6 heteroatoms. The summed E-state index contributed by atoms with van der Waals surface area (Å²) in [4.78, 5) is 16.6. The van der Waals surface area contributed by atoms with Crippen molar-refractivity contribution in [1.82, 2.24) is 9.38 Å². The highest BCUT2D eigenvalue weighted by Gasteiger charge is 2.22. The summed E-state index contributed by atoms with van der Waals surface area (Å²) >= 11 is 0. The van der Waals surface area contributed by atoms with E-state index in [1.54, 1.807) is 6.20 Å². The van der Waals surface area contributed by atoms with E-state index in [4.69, 9.17) is 14.2 Å². The van der Waals surface area contributed by atoms with Gasteiger partial charge in [-0.2, -0.15) is 0 Å². The first-order chi connectivity index (χ1) is 10.6. The zero-order valence-electron chi connectivity index (χ0n) is 13.0. The van der Waals surface area contributed by atoms with Crippen LogP contribution in [0.3, 0.4) is 0 Å². The van der Waals surface area contributed by atoms with Crippen LogP contribution in [0.5, 0.6) is 0 Å². The molecule has 0 saturated carbocycles. The van der Waals surface area contributed by atoms with Crippen LogP contribution in [0.25, 0.3) is 5.65 Å². The molecule has 6 nitrogen and oxygen atoms in total. The number of hydrogen-bond acceptors (Lipinski definition) is 5. The minimum atomic E-state index is -0.335. The fourth-order valence-electron chi connectivity index (χ4n) is 2.64. The van der Waals surface area contributed by atoms with E-state index in [1.807, 2.05) is 30.5 Å². The van der Waals surface area contributed by atoms with Gasteiger partial charge in [-0.15, -0.1) is 0 Å². The monoisotopic (exact) mass is 304 g/mol. The molecule has 0 amide bonds. The van der Waals surface area contributed by atoms with Crippen LogP contribution in [0, 0.1) is 0 Å². The normalized spacial score (nSPS) is 18.8. The third-order valence-corrected chi connectivity index (χ3v) is 3.82. The highest BCUT2D eigenvalue weighted by atomic mass is 16.6. The van der Waals surface area contributed by atoms with Crippen LogP contribution < -0.4 is 0 Å². The number of carbonyl (C=O) groups excluding carboxylic acids is 1. The Morgan fingerprint density at radius 2 is 2.23 bits per heavy atom. The van der Waals surface area contributed by atoms with E-state index in [-0.39, 0.29) is 18.0 Å². The molecule has 22 heavy (non-hydrogen) atoms. The fraction of sp³-hybridized carbons (Fsp3) is 0.500. The Balaban J connectivity index is 2.05. The number of esters is 1. The van der Waals surface area contributed by atoms with Crippen molar-refractivity contribution in [1.29, 1.82) is 0 Å². The van der Waals surface area contributed by atoms with Crippen molar-refractivity contribution in [2.45, 2.75) is 25.9 Å². The number of imidazole rings is 1. The second-order valence-corrected chi connectivity index (χ2v) is 5.65. The molecule has 0 aliphatic carbocycles. The van der Waals surface area contributed by atoms with Gasteiger partial charge < -0.3 is 18.6 Å². The highest BCUT2D eigenvalue weighted by Crippen LogP contribution is 2.25. The van der Waals surface area contributed by atoms with E-state index in [1.165, 1.54) is 7.11 Å². The summed E-state index contributed by atoms with van der Waals surface area (Å²) in [6.07, 6.45) is 3.50. The van der Waals surface area contributed by atoms with Gasteiger partial charge >= 0.3 is 5.97 Å². The maximum atomic E-state index is 12.0. The van der Waals surface area contributed by atoms with Gasteiger partial charge in [0.15, 0.2) is 0 Å². The van der Waals surface area contributed by atoms with E-state index >= 15 is 0 Å². The molecule has 0 N–H and O–H groups in total. The van der Waals surface area contributed by atoms with E-state index in [0.717, 1.165) is 16.9 Å². The zero-order chi connectivity index (χ0) is 15.7. The molecule has 118 valence electrons. The number of carbonyl (C=O) groups is 1. The summed E-state index contributed by atoms with van der Waals surface area (Å²) in [6, 6.07) is 1.93. The van der Waals surface area contributed by atoms with E-state index in [2.05, 4.69) is 4.98 Å². The first-order valence-electron chi connectivity index (χ1n) is 7.40. The molecule has 1 atom stereocenters. The molecular weight excluding hydrogens is 284 g/mol. The Morgan fingerprint density at radius 3 is 2.86 bits per heavy atom. The van der Waals surface area contributed by atoms with Crippen molar-refractivity contribution >= 4 is 11.6 Å². The standard InChI is InChI=1S/C16H20N2O4/c1-10(2)11-6-15-17-13(14-9-21-4-5-22-14)8-18(15)7-12(11)16(19)20-3/h6-8,10,14H,4-5,9H2,1-3H3. The second kappa shape index (κ2) is 6.06. The topological polar surface area (TPSA) is 62.1 Å². The first-order valence-corrected chi connectivity index (χ1v) is 7.40. The van der Waals surface area contributed by atoms with Crippen molar-refractivity contribution in [2.24, 2.45) is 0 Å². The third-order valence-electron chi connectivity index (χ3n) is 3.82. The second-order valence-electron chi connectivity index (χ2n) is 5.65. The van der Waals surface area contributed by atoms with Crippen molar-refractivity contribution < 1.29 is 19.0 Å². The highest BCUT2D eigenvalue weighted by molar-refractivity contribution is 5.91. The molecule has 0 aromatic carbocycles. The summed E-state index contributed by atoms with van der Waals surface area (Å²) in [5.74, 6) is -0.133. The molecule has 1 aliphatic heterocycles. The van der Waals surface area contributed by atoms with Crippen LogP contribution in [0.15, 0.2) is 18.5 Å². The van der Waals surface area contributed by atoms with Crippen LogP contribution in [-0.4, -0.2) is 42.3 Å². The van der Waals surface area contributed by atoms with Crippen molar-refractivity contribution in [2.75, 3.05) is 26.9 Å². The van der Waals surface area contributed by atoms with Crippen molar-refractivity contribution in [3.63, 3.8) is 0 Å². The Hall–Kier alpha value is -1.92. The van der Waals surface area contributed by atoms with Crippen LogP contribution in [0.2, 0.25) is 0 Å². The van der Waals surface area contributed by atoms with Gasteiger partial charge in [0.2, 0.25) is 0 Å². The zero-order valence-corrected chi connectivity index (χ0v) is 13.0. The molecule has 0 spiro atoms. The van der Waals surface area contributed by atoms with E-state index in [9.17, 15) is 4.79 Å². The number of nitrogens with zero attached hydrogens (tertiary/aromatic N) is 2. The number of rotatable bonds is 3. The summed E-state index contributed by atoms with van der Waals surface area (Å²) in [5, 5.41) is 0. The van der Waals surface area contributed by atoms with Gasteiger partial charge in [0.25, 0.3) is 0 Å². The third kappa shape index (κ3) is 2.71. The average Bonchev–Trinajstić information content (AvgIpc) is 2.96. The molecule has 3 heterocycles. The Labute approximate surface area is 129 Å². The molecule has 1 fully saturated rings. The maximum absolute atomic E-state index is 12.0. The van der Waals surface area contributed by atoms with Gasteiger partial charge in [0.1, 0.15) is 11.8 Å². The minimum absolute atomic E-state index is 0.155. The minimum Gasteiger partial charge on any atom is -0.465 e. The van der Waals surface area contributed by atoms with Gasteiger partial charge in [-0.25, -0.2) is 9.78 Å². The fourth-order valence-corrected chi connectivity index (χ4v) is 2.64. The Bertz CT molecular complexity index is 687. The summed E-state index contributed by atoms with van der Waals surface area (Å²) in [6.45, 7) is 5.78. The number of methoxy groups -OCH3 is 1. The smallest absolute Gasteiger partial charge is 0.339 e. The van der Waals surface area contributed by atoms with Crippen LogP contribution >= 0.6 is 0 Å². The molecule has 2 aromatic heterocycles. The maximum Gasteiger partial charge on any atom is 0.339 e. The predicted molar refractivity (Wildman–Crippen MR) is 80.1 cm³/mol. The molecule has 0 radical (unpaired) electrons. The van der Waals surface area contributed by atoms with Crippen molar-refractivity contribution in [3.8, 4) is 0 Å². The largest absolute Gasteiger partial charge is 0.465 e. The molecule has 1 unspecified atom stereocenters. The SMILES string of the molecule is COC(=O)c1cn2cc(C3COCCO3)nc2cc1C(C)C. The molecule has 0 bridgehead atoms. The molecule has 3 rings (SSSR count). The van der Waals surface area contributed by atoms with Gasteiger partial charge in [-0.1, -0.05) is 13.8 Å². The van der Waals surface area contributed by atoms with Crippen LogP contribution in [0.4, 0.5) is 0 Å². The lowest BCUT2D eigenvalue weighted by molar-refractivity contribution is -0.0916. The Morgan fingerprint density at radius 1 is 1.41 bits per heavy atom. The lowest BCUT2D eigenvalue weighted by Crippen LogP contribution is -2.22. The predicted octanol–water partition coefficient (Wildman–Crippen LogP) is 2.33. The number of ether oxygens (including phenoxy) is 3. The molecule has 1 saturated heterocycles. The molecule has 2 aromatic rings. The van der Waals surface area contributed by atoms with Gasteiger partial charge in [0.05, 0.1) is 38.2 Å². The average molecular weight is 304 g/mol. The Kier molecular flexibility index (Phi) is 4.13. The summed E-state index contributed by atoms with van der Waals surface area (Å²) in [7, 11) is 1.39.